The van der Waals surface area contributed by atoms with Crippen molar-refractivity contribution >= 4 is 34.8 Å². The third-order valence-corrected chi connectivity index (χ3v) is 4.81. The molecule has 0 bridgehead atoms. The molecule has 3 amide bonds. The normalized spacial score (nSPS) is 11.5. The van der Waals surface area contributed by atoms with E-state index in [0.29, 0.717) is 17.9 Å². The second kappa shape index (κ2) is 11.1. The fraction of sp³-hybridized carbons (Fsp3) is 0.348. The van der Waals surface area contributed by atoms with Crippen molar-refractivity contribution in [1.29, 1.82) is 0 Å². The Bertz CT molecular complexity index is 894. The van der Waals surface area contributed by atoms with Crippen molar-refractivity contribution in [2.45, 2.75) is 34.1 Å². The van der Waals surface area contributed by atoms with Crippen molar-refractivity contribution in [1.82, 2.24) is 0 Å². The fourth-order valence-corrected chi connectivity index (χ4v) is 3.20. The molecule has 0 saturated carbocycles. The van der Waals surface area contributed by atoms with Crippen LogP contribution in [0.2, 0.25) is 0 Å². The maximum atomic E-state index is 12.6. The maximum Gasteiger partial charge on any atom is 0.279 e. The predicted octanol–water partition coefficient (Wildman–Crippen LogP) is 2.00. The molecule has 2 aromatic carbocycles. The number of para-hydroxylation sites is 1. The Morgan fingerprint density at radius 3 is 1.93 bits per heavy atom. The Labute approximate surface area is 177 Å². The maximum absolute atomic E-state index is 12.6. The molecule has 0 heterocycles. The first-order valence-electron chi connectivity index (χ1n) is 10.2. The van der Waals surface area contributed by atoms with Gasteiger partial charge in [0.2, 0.25) is 5.91 Å². The van der Waals surface area contributed by atoms with Crippen LogP contribution in [0.1, 0.15) is 31.9 Å². The van der Waals surface area contributed by atoms with Gasteiger partial charge in [-0.2, -0.15) is 0 Å². The van der Waals surface area contributed by atoms with Crippen LogP contribution in [-0.4, -0.2) is 37.4 Å². The molecule has 0 saturated heterocycles. The minimum absolute atomic E-state index is 0.108. The van der Waals surface area contributed by atoms with Crippen molar-refractivity contribution < 1.29 is 19.3 Å². The van der Waals surface area contributed by atoms with E-state index < -0.39 is 0 Å². The molecule has 0 spiro atoms. The van der Waals surface area contributed by atoms with Crippen molar-refractivity contribution in [2.75, 3.05) is 35.6 Å². The molecule has 0 aliphatic rings. The first-order chi connectivity index (χ1) is 14.3. The van der Waals surface area contributed by atoms with Crippen LogP contribution in [0, 0.1) is 6.92 Å². The molecule has 1 atom stereocenters. The van der Waals surface area contributed by atoms with E-state index in [0.717, 1.165) is 28.1 Å². The summed E-state index contributed by atoms with van der Waals surface area (Å²) in [7, 11) is 0. The van der Waals surface area contributed by atoms with Gasteiger partial charge in [-0.05, 0) is 55.7 Å². The molecule has 0 aliphatic carbocycles. The minimum atomic E-state index is -0.169. The molecular weight excluding hydrogens is 380 g/mol. The zero-order valence-electron chi connectivity index (χ0n) is 18.1. The van der Waals surface area contributed by atoms with E-state index in [4.69, 9.17) is 0 Å². The first kappa shape index (κ1) is 23.1. The highest BCUT2D eigenvalue weighted by Gasteiger charge is 2.18. The van der Waals surface area contributed by atoms with Crippen LogP contribution in [0.4, 0.5) is 17.1 Å². The van der Waals surface area contributed by atoms with Crippen molar-refractivity contribution in [3.05, 3.63) is 53.6 Å². The molecule has 160 valence electrons. The standard InChI is InChI=1S/C23H30N4O3/c1-5-18-9-7-8-16(3)23(18)26-22(30)15-27(6-2)14-21(29)25-20-12-10-19(11-13-20)24-17(4)28/h7-13H,5-6,14-15H2,1-4H3,(H,24,28)(H,25,29)(H,26,30)/p+1. The Balaban J connectivity index is 1.91. The molecule has 0 fully saturated rings. The number of rotatable bonds is 9. The van der Waals surface area contributed by atoms with E-state index >= 15 is 0 Å². The van der Waals surface area contributed by atoms with Crippen LogP contribution >= 0.6 is 0 Å². The average molecular weight is 412 g/mol. The van der Waals surface area contributed by atoms with Gasteiger partial charge in [-0.1, -0.05) is 25.1 Å². The second-order valence-electron chi connectivity index (χ2n) is 7.27. The number of benzene rings is 2. The number of amides is 3. The SMILES string of the molecule is CCc1cccc(C)c1NC(=O)C[NH+](CC)CC(=O)Nc1ccc(NC(C)=O)cc1. The summed E-state index contributed by atoms with van der Waals surface area (Å²) < 4.78 is 0. The highest BCUT2D eigenvalue weighted by atomic mass is 16.2. The van der Waals surface area contributed by atoms with E-state index in [1.54, 1.807) is 24.3 Å². The summed E-state index contributed by atoms with van der Waals surface area (Å²) in [6.45, 7) is 8.47. The Hall–Kier alpha value is -3.19. The summed E-state index contributed by atoms with van der Waals surface area (Å²) in [6, 6.07) is 12.9. The average Bonchev–Trinajstić information content (AvgIpc) is 2.70. The highest BCUT2D eigenvalue weighted by Crippen LogP contribution is 2.20. The van der Waals surface area contributed by atoms with E-state index in [1.807, 2.05) is 32.0 Å². The van der Waals surface area contributed by atoms with Gasteiger partial charge < -0.3 is 20.9 Å². The molecule has 2 rings (SSSR count). The molecule has 7 nitrogen and oxygen atoms in total. The quantitative estimate of drug-likeness (QED) is 0.509. The van der Waals surface area contributed by atoms with Gasteiger partial charge in [0, 0.05) is 24.0 Å². The molecule has 30 heavy (non-hydrogen) atoms. The fourth-order valence-electron chi connectivity index (χ4n) is 3.20. The summed E-state index contributed by atoms with van der Waals surface area (Å²) in [5, 5.41) is 8.53. The minimum Gasteiger partial charge on any atom is -0.326 e. The summed E-state index contributed by atoms with van der Waals surface area (Å²) in [6.07, 6.45) is 0.838. The number of hydrogen-bond donors (Lipinski definition) is 4. The monoisotopic (exact) mass is 411 g/mol. The second-order valence-corrected chi connectivity index (χ2v) is 7.27. The molecule has 1 unspecified atom stereocenters. The number of carbonyl (C=O) groups excluding carboxylic acids is 3. The van der Waals surface area contributed by atoms with Gasteiger partial charge in [0.1, 0.15) is 0 Å². The first-order valence-corrected chi connectivity index (χ1v) is 10.2. The van der Waals surface area contributed by atoms with Crippen LogP contribution in [-0.2, 0) is 20.8 Å². The van der Waals surface area contributed by atoms with Crippen LogP contribution < -0.4 is 20.9 Å². The lowest BCUT2D eigenvalue weighted by Gasteiger charge is -2.18. The van der Waals surface area contributed by atoms with Gasteiger partial charge in [0.05, 0.1) is 6.54 Å². The van der Waals surface area contributed by atoms with Crippen LogP contribution in [0.3, 0.4) is 0 Å². The zero-order chi connectivity index (χ0) is 22.1. The lowest BCUT2D eigenvalue weighted by Crippen LogP contribution is -3.13. The third-order valence-electron chi connectivity index (χ3n) is 4.81. The lowest BCUT2D eigenvalue weighted by atomic mass is 10.1. The molecular formula is C23H31N4O3+. The number of likely N-dealkylation sites (N-methyl/N-ethyl adjacent to an activating group) is 1. The van der Waals surface area contributed by atoms with E-state index in [-0.39, 0.29) is 30.8 Å². The van der Waals surface area contributed by atoms with Gasteiger partial charge in [-0.25, -0.2) is 0 Å². The van der Waals surface area contributed by atoms with Gasteiger partial charge in [-0.3, -0.25) is 14.4 Å². The Kier molecular flexibility index (Phi) is 8.55. The molecule has 0 radical (unpaired) electrons. The Morgan fingerprint density at radius 2 is 1.40 bits per heavy atom. The summed E-state index contributed by atoms with van der Waals surface area (Å²) >= 11 is 0. The van der Waals surface area contributed by atoms with Gasteiger partial charge in [0.25, 0.3) is 11.8 Å². The van der Waals surface area contributed by atoms with Crippen LogP contribution in [0.5, 0.6) is 0 Å². The van der Waals surface area contributed by atoms with Crippen molar-refractivity contribution in [2.24, 2.45) is 0 Å². The highest BCUT2D eigenvalue weighted by molar-refractivity contribution is 5.94. The third kappa shape index (κ3) is 7.00. The number of hydrogen-bond acceptors (Lipinski definition) is 3. The smallest absolute Gasteiger partial charge is 0.279 e. The van der Waals surface area contributed by atoms with Crippen LogP contribution in [0.15, 0.2) is 42.5 Å². The number of aryl methyl sites for hydroxylation is 2. The Morgan fingerprint density at radius 1 is 0.833 bits per heavy atom. The van der Waals surface area contributed by atoms with E-state index in [2.05, 4.69) is 22.9 Å². The lowest BCUT2D eigenvalue weighted by molar-refractivity contribution is -0.881. The van der Waals surface area contributed by atoms with Crippen molar-refractivity contribution in [3.63, 3.8) is 0 Å². The van der Waals surface area contributed by atoms with Gasteiger partial charge in [0.15, 0.2) is 13.1 Å². The molecule has 2 aromatic rings. The predicted molar refractivity (Wildman–Crippen MR) is 120 cm³/mol. The topological polar surface area (TPSA) is 91.7 Å². The summed E-state index contributed by atoms with van der Waals surface area (Å²) in [4.78, 5) is 36.9. The van der Waals surface area contributed by atoms with Crippen LogP contribution in [0.25, 0.3) is 0 Å². The summed E-state index contributed by atoms with van der Waals surface area (Å²) in [5.41, 5.74) is 4.30. The van der Waals surface area contributed by atoms with Gasteiger partial charge in [-0.15, -0.1) is 0 Å². The molecule has 0 aromatic heterocycles. The molecule has 0 aliphatic heterocycles. The largest absolute Gasteiger partial charge is 0.326 e. The van der Waals surface area contributed by atoms with E-state index in [9.17, 15) is 14.4 Å². The van der Waals surface area contributed by atoms with Crippen molar-refractivity contribution in [3.8, 4) is 0 Å². The van der Waals surface area contributed by atoms with Gasteiger partial charge >= 0.3 is 0 Å². The number of nitrogens with one attached hydrogen (secondary N) is 4. The number of quaternary nitrogens is 1. The summed E-state index contributed by atoms with van der Waals surface area (Å²) in [5.74, 6) is -0.427. The molecule has 7 heteroatoms. The number of carbonyl (C=O) groups is 3. The van der Waals surface area contributed by atoms with E-state index in [1.165, 1.54) is 6.92 Å². The number of anilines is 3. The molecule has 4 N–H and O–H groups in total. The zero-order valence-corrected chi connectivity index (χ0v) is 18.1.